The van der Waals surface area contributed by atoms with Gasteiger partial charge in [-0.3, -0.25) is 4.79 Å². The number of thiophene rings is 1. The van der Waals surface area contributed by atoms with E-state index >= 15 is 0 Å². The van der Waals surface area contributed by atoms with Crippen LogP contribution >= 0.6 is 11.3 Å². The number of amides is 1. The maximum atomic E-state index is 12.0. The fourth-order valence-corrected chi connectivity index (χ4v) is 2.27. The molecule has 2 aromatic rings. The highest BCUT2D eigenvalue weighted by Crippen LogP contribution is 2.23. The summed E-state index contributed by atoms with van der Waals surface area (Å²) < 4.78 is 10.3. The molecule has 0 saturated heterocycles. The normalized spacial score (nSPS) is 11.5. The van der Waals surface area contributed by atoms with Crippen molar-refractivity contribution in [2.75, 3.05) is 12.4 Å². The summed E-state index contributed by atoms with van der Waals surface area (Å²) in [6.07, 6.45) is -0.901. The third-order valence-electron chi connectivity index (χ3n) is 2.77. The van der Waals surface area contributed by atoms with Crippen molar-refractivity contribution in [3.8, 4) is 5.75 Å². The molecule has 1 atom stereocenters. The van der Waals surface area contributed by atoms with Gasteiger partial charge in [0.15, 0.2) is 6.10 Å². The van der Waals surface area contributed by atoms with Crippen molar-refractivity contribution < 1.29 is 19.1 Å². The third-order valence-corrected chi connectivity index (χ3v) is 3.46. The summed E-state index contributed by atoms with van der Waals surface area (Å²) in [5.41, 5.74) is 0.973. The molecule has 5 nitrogen and oxygen atoms in total. The zero-order chi connectivity index (χ0) is 15.2. The SMILES string of the molecule is COc1ccccc1NC(=O)[C@H](C)OC(=O)c1ccsc1. The molecule has 0 bridgehead atoms. The average Bonchev–Trinajstić information content (AvgIpc) is 3.02. The van der Waals surface area contributed by atoms with Crippen LogP contribution in [0.4, 0.5) is 5.69 Å². The molecule has 1 N–H and O–H groups in total. The van der Waals surface area contributed by atoms with Crippen molar-refractivity contribution >= 4 is 28.9 Å². The minimum absolute atomic E-state index is 0.414. The number of methoxy groups -OCH3 is 1. The molecule has 0 aliphatic carbocycles. The second kappa shape index (κ2) is 6.90. The maximum absolute atomic E-state index is 12.0. The van der Waals surface area contributed by atoms with Gasteiger partial charge in [-0.05, 0) is 30.5 Å². The number of ether oxygens (including phenoxy) is 2. The number of para-hydroxylation sites is 2. The lowest BCUT2D eigenvalue weighted by Crippen LogP contribution is -2.30. The number of nitrogens with one attached hydrogen (secondary N) is 1. The first kappa shape index (κ1) is 15.1. The first-order chi connectivity index (χ1) is 10.1. The van der Waals surface area contributed by atoms with Crippen molar-refractivity contribution in [1.82, 2.24) is 0 Å². The van der Waals surface area contributed by atoms with Crippen LogP contribution in [0.1, 0.15) is 17.3 Å². The van der Waals surface area contributed by atoms with Crippen LogP contribution < -0.4 is 10.1 Å². The Bertz CT molecular complexity index is 624. The van der Waals surface area contributed by atoms with E-state index in [-0.39, 0.29) is 0 Å². The summed E-state index contributed by atoms with van der Waals surface area (Å²) in [4.78, 5) is 23.8. The van der Waals surface area contributed by atoms with Gasteiger partial charge in [-0.25, -0.2) is 4.79 Å². The van der Waals surface area contributed by atoms with Crippen LogP contribution in [0, 0.1) is 0 Å². The van der Waals surface area contributed by atoms with Gasteiger partial charge in [0.2, 0.25) is 0 Å². The molecule has 0 spiro atoms. The maximum Gasteiger partial charge on any atom is 0.339 e. The van der Waals surface area contributed by atoms with Crippen LogP contribution in [-0.4, -0.2) is 25.1 Å². The van der Waals surface area contributed by atoms with Crippen molar-refractivity contribution in [3.05, 3.63) is 46.7 Å². The van der Waals surface area contributed by atoms with Crippen molar-refractivity contribution in [2.24, 2.45) is 0 Å². The average molecular weight is 305 g/mol. The highest BCUT2D eigenvalue weighted by Gasteiger charge is 2.20. The van der Waals surface area contributed by atoms with E-state index in [0.29, 0.717) is 17.0 Å². The number of esters is 1. The molecule has 2 rings (SSSR count). The molecule has 110 valence electrons. The van der Waals surface area contributed by atoms with Gasteiger partial charge >= 0.3 is 5.97 Å². The second-order valence-electron chi connectivity index (χ2n) is 4.25. The van der Waals surface area contributed by atoms with E-state index < -0.39 is 18.0 Å². The molecule has 0 aliphatic heterocycles. The fourth-order valence-electron chi connectivity index (χ4n) is 1.65. The smallest absolute Gasteiger partial charge is 0.339 e. The van der Waals surface area contributed by atoms with E-state index in [1.54, 1.807) is 41.1 Å². The van der Waals surface area contributed by atoms with E-state index in [4.69, 9.17) is 9.47 Å². The first-order valence-electron chi connectivity index (χ1n) is 6.29. The minimum Gasteiger partial charge on any atom is -0.495 e. The molecule has 0 radical (unpaired) electrons. The van der Waals surface area contributed by atoms with Gasteiger partial charge in [-0.1, -0.05) is 12.1 Å². The number of anilines is 1. The molecule has 21 heavy (non-hydrogen) atoms. The lowest BCUT2D eigenvalue weighted by molar-refractivity contribution is -0.123. The Morgan fingerprint density at radius 2 is 2.00 bits per heavy atom. The van der Waals surface area contributed by atoms with Gasteiger partial charge in [0.05, 0.1) is 18.4 Å². The Morgan fingerprint density at radius 3 is 2.67 bits per heavy atom. The van der Waals surface area contributed by atoms with E-state index in [0.717, 1.165) is 0 Å². The highest BCUT2D eigenvalue weighted by molar-refractivity contribution is 7.08. The Morgan fingerprint density at radius 1 is 1.24 bits per heavy atom. The Kier molecular flexibility index (Phi) is 4.94. The van der Waals surface area contributed by atoms with Crippen molar-refractivity contribution in [1.29, 1.82) is 0 Å². The number of carbonyl (C=O) groups excluding carboxylic acids is 2. The predicted octanol–water partition coefficient (Wildman–Crippen LogP) is 2.94. The molecule has 1 aromatic carbocycles. The number of hydrogen-bond donors (Lipinski definition) is 1. The Labute approximate surface area is 126 Å². The highest BCUT2D eigenvalue weighted by atomic mass is 32.1. The topological polar surface area (TPSA) is 64.6 Å². The van der Waals surface area contributed by atoms with Gasteiger partial charge in [-0.15, -0.1) is 0 Å². The molecule has 0 fully saturated rings. The van der Waals surface area contributed by atoms with E-state index in [1.807, 2.05) is 0 Å². The van der Waals surface area contributed by atoms with Crippen molar-refractivity contribution in [3.63, 3.8) is 0 Å². The third kappa shape index (κ3) is 3.82. The molecule has 1 amide bonds. The molecule has 0 aliphatic rings. The van der Waals surface area contributed by atoms with E-state index in [1.165, 1.54) is 25.4 Å². The van der Waals surface area contributed by atoms with E-state index in [2.05, 4.69) is 5.32 Å². The van der Waals surface area contributed by atoms with Gasteiger partial charge in [0.1, 0.15) is 5.75 Å². The largest absolute Gasteiger partial charge is 0.495 e. The van der Waals surface area contributed by atoms with Crippen LogP contribution in [0.5, 0.6) is 5.75 Å². The molecule has 1 heterocycles. The quantitative estimate of drug-likeness (QED) is 0.863. The van der Waals surface area contributed by atoms with Gasteiger partial charge in [-0.2, -0.15) is 11.3 Å². The minimum atomic E-state index is -0.901. The lowest BCUT2D eigenvalue weighted by atomic mass is 10.2. The summed E-state index contributed by atoms with van der Waals surface area (Å²) in [7, 11) is 1.52. The standard InChI is InChI=1S/C15H15NO4S/c1-10(20-15(18)11-7-8-21-9-11)14(17)16-12-5-3-4-6-13(12)19-2/h3-10H,1-2H3,(H,16,17)/t10-/m0/s1. The number of benzene rings is 1. The summed E-state index contributed by atoms with van der Waals surface area (Å²) in [5, 5.41) is 6.12. The summed E-state index contributed by atoms with van der Waals surface area (Å²) >= 11 is 1.39. The summed E-state index contributed by atoms with van der Waals surface area (Å²) in [6, 6.07) is 8.67. The molecule has 0 saturated carbocycles. The van der Waals surface area contributed by atoms with E-state index in [9.17, 15) is 9.59 Å². The van der Waals surface area contributed by atoms with Gasteiger partial charge < -0.3 is 14.8 Å². The second-order valence-corrected chi connectivity index (χ2v) is 5.03. The molecule has 1 aromatic heterocycles. The number of carbonyl (C=O) groups is 2. The first-order valence-corrected chi connectivity index (χ1v) is 7.23. The van der Waals surface area contributed by atoms with Crippen LogP contribution in [0.25, 0.3) is 0 Å². The monoisotopic (exact) mass is 305 g/mol. The summed E-state index contributed by atoms with van der Waals surface area (Å²) in [5.74, 6) is -0.385. The van der Waals surface area contributed by atoms with Crippen molar-refractivity contribution in [2.45, 2.75) is 13.0 Å². The van der Waals surface area contributed by atoms with Crippen LogP contribution in [-0.2, 0) is 9.53 Å². The van der Waals surface area contributed by atoms with Crippen LogP contribution in [0.15, 0.2) is 41.1 Å². The van der Waals surface area contributed by atoms with Gasteiger partial charge in [0, 0.05) is 5.38 Å². The van der Waals surface area contributed by atoms with Gasteiger partial charge in [0.25, 0.3) is 5.91 Å². The number of rotatable bonds is 5. The lowest BCUT2D eigenvalue weighted by Gasteiger charge is -2.14. The molecule has 0 unspecified atom stereocenters. The molecular weight excluding hydrogens is 290 g/mol. The Balaban J connectivity index is 1.98. The van der Waals surface area contributed by atoms with Crippen LogP contribution in [0.3, 0.4) is 0 Å². The molecular formula is C15H15NO4S. The number of hydrogen-bond acceptors (Lipinski definition) is 5. The summed E-state index contributed by atoms with van der Waals surface area (Å²) in [6.45, 7) is 1.52. The Hall–Kier alpha value is -2.34. The predicted molar refractivity (Wildman–Crippen MR) is 80.8 cm³/mol. The van der Waals surface area contributed by atoms with Crippen LogP contribution in [0.2, 0.25) is 0 Å². The molecule has 6 heteroatoms. The zero-order valence-corrected chi connectivity index (χ0v) is 12.5. The fraction of sp³-hybridized carbons (Fsp3) is 0.200. The zero-order valence-electron chi connectivity index (χ0n) is 11.7.